The zero-order valence-electron chi connectivity index (χ0n) is 19.2. The molecule has 5 atom stereocenters. The quantitative estimate of drug-likeness (QED) is 0.215. The molecule has 0 amide bonds. The van der Waals surface area contributed by atoms with Crippen LogP contribution in [0.15, 0.2) is 0 Å². The molecule has 0 aliphatic carbocycles. The lowest BCUT2D eigenvalue weighted by Gasteiger charge is -2.35. The van der Waals surface area contributed by atoms with Gasteiger partial charge in [-0.25, -0.2) is 0 Å². The molecule has 0 spiro atoms. The predicted molar refractivity (Wildman–Crippen MR) is 103 cm³/mol. The molecule has 0 aromatic heterocycles. The van der Waals surface area contributed by atoms with Gasteiger partial charge in [-0.05, 0) is 27.7 Å². The van der Waals surface area contributed by atoms with Gasteiger partial charge in [0.2, 0.25) is 0 Å². The Bertz CT molecular complexity index is 729. The monoisotopic (exact) mass is 512 g/mol. The fourth-order valence-corrected chi connectivity index (χ4v) is 3.90. The van der Waals surface area contributed by atoms with Gasteiger partial charge in [-0.2, -0.15) is 21.6 Å². The van der Waals surface area contributed by atoms with Gasteiger partial charge in [-0.15, -0.1) is 0 Å². The zero-order valence-corrected chi connectivity index (χ0v) is 20.1. The standard InChI is InChI=1S/C18H31F3O11S/c1-16(2)28-7-11(30-16)13(26-9-24-5)15(27-10-25-6)14-12(31-17(3,4)32-14)8-29-33(22,23)18(19,20)21/h11-15H,7-10H2,1-6H3/t11-,12+,13-,14-,15+/m1/s1. The van der Waals surface area contributed by atoms with Gasteiger partial charge >= 0.3 is 15.6 Å². The number of ether oxygens (including phenoxy) is 8. The van der Waals surface area contributed by atoms with Crippen LogP contribution >= 0.6 is 0 Å². The van der Waals surface area contributed by atoms with Gasteiger partial charge in [-0.3, -0.25) is 4.18 Å². The Kier molecular flexibility index (Phi) is 9.51. The maximum absolute atomic E-state index is 12.7. The van der Waals surface area contributed by atoms with Gasteiger partial charge in [0.15, 0.2) is 11.6 Å². The first-order chi connectivity index (χ1) is 15.1. The van der Waals surface area contributed by atoms with Crippen LogP contribution in [0.4, 0.5) is 13.2 Å². The topological polar surface area (TPSA) is 117 Å². The fraction of sp³-hybridized carbons (Fsp3) is 1.00. The Morgan fingerprint density at radius 3 is 2.00 bits per heavy atom. The Hall–Kier alpha value is -0.620. The molecular formula is C18H31F3O11S. The van der Waals surface area contributed by atoms with Crippen molar-refractivity contribution in [3.63, 3.8) is 0 Å². The van der Waals surface area contributed by atoms with Gasteiger partial charge in [0.1, 0.15) is 44.1 Å². The van der Waals surface area contributed by atoms with Crippen LogP contribution in [0.1, 0.15) is 27.7 Å². The van der Waals surface area contributed by atoms with E-state index in [2.05, 4.69) is 4.18 Å². The number of hydrogen-bond donors (Lipinski definition) is 0. The smallest absolute Gasteiger partial charge is 0.359 e. The molecule has 0 aromatic carbocycles. The van der Waals surface area contributed by atoms with Crippen LogP contribution in [0.2, 0.25) is 0 Å². The molecule has 2 aliphatic heterocycles. The van der Waals surface area contributed by atoms with E-state index in [9.17, 15) is 21.6 Å². The highest BCUT2D eigenvalue weighted by Crippen LogP contribution is 2.36. The highest BCUT2D eigenvalue weighted by atomic mass is 32.2. The molecule has 2 fully saturated rings. The summed E-state index contributed by atoms with van der Waals surface area (Å²) in [6.45, 7) is 5.11. The molecule has 0 N–H and O–H groups in total. The van der Waals surface area contributed by atoms with Crippen molar-refractivity contribution in [1.29, 1.82) is 0 Å². The second-order valence-corrected chi connectivity index (χ2v) is 9.87. The third kappa shape index (κ3) is 7.68. The molecule has 33 heavy (non-hydrogen) atoms. The van der Waals surface area contributed by atoms with Crippen LogP contribution in [0.25, 0.3) is 0 Å². The minimum Gasteiger partial charge on any atom is -0.359 e. The molecule has 2 aliphatic rings. The Morgan fingerprint density at radius 2 is 1.52 bits per heavy atom. The third-order valence-electron chi connectivity index (χ3n) is 4.69. The average Bonchev–Trinajstić information content (AvgIpc) is 3.19. The van der Waals surface area contributed by atoms with E-state index in [1.54, 1.807) is 13.8 Å². The van der Waals surface area contributed by atoms with Crippen molar-refractivity contribution in [2.24, 2.45) is 0 Å². The Balaban J connectivity index is 2.32. The number of rotatable bonds is 12. The van der Waals surface area contributed by atoms with Gasteiger partial charge in [0.05, 0.1) is 13.2 Å². The molecule has 2 heterocycles. The average molecular weight is 512 g/mol. The maximum Gasteiger partial charge on any atom is 0.523 e. The van der Waals surface area contributed by atoms with Crippen molar-refractivity contribution in [3.8, 4) is 0 Å². The normalized spacial score (nSPS) is 29.3. The summed E-state index contributed by atoms with van der Waals surface area (Å²) in [6.07, 6.45) is -5.09. The molecule has 2 rings (SSSR count). The first-order valence-electron chi connectivity index (χ1n) is 9.96. The molecule has 0 saturated carbocycles. The molecule has 0 radical (unpaired) electrons. The van der Waals surface area contributed by atoms with E-state index in [4.69, 9.17) is 37.9 Å². The highest BCUT2D eigenvalue weighted by molar-refractivity contribution is 7.87. The summed E-state index contributed by atoms with van der Waals surface area (Å²) in [4.78, 5) is 0. The van der Waals surface area contributed by atoms with E-state index in [1.165, 1.54) is 28.1 Å². The SMILES string of the molecule is COCO[C@H]([C@@H]1OC(C)(C)O[C@H]1COS(=O)(=O)C(F)(F)F)[C@H](OCOC)[C@H]1COC(C)(C)O1. The zero-order chi connectivity index (χ0) is 25.1. The van der Waals surface area contributed by atoms with Crippen LogP contribution < -0.4 is 0 Å². The summed E-state index contributed by atoms with van der Waals surface area (Å²) in [6, 6.07) is 0. The summed E-state index contributed by atoms with van der Waals surface area (Å²) in [7, 11) is -3.09. The predicted octanol–water partition coefficient (Wildman–Crippen LogP) is 1.50. The summed E-state index contributed by atoms with van der Waals surface area (Å²) in [5.74, 6) is -2.23. The first kappa shape index (κ1) is 28.6. The second-order valence-electron chi connectivity index (χ2n) is 8.27. The Morgan fingerprint density at radius 1 is 0.939 bits per heavy atom. The molecule has 15 heteroatoms. The fourth-order valence-electron chi connectivity index (χ4n) is 3.45. The van der Waals surface area contributed by atoms with E-state index in [-0.39, 0.29) is 20.2 Å². The first-order valence-corrected chi connectivity index (χ1v) is 11.4. The lowest BCUT2D eigenvalue weighted by atomic mass is 9.99. The minimum atomic E-state index is -5.85. The van der Waals surface area contributed by atoms with E-state index in [1.807, 2.05) is 0 Å². The lowest BCUT2D eigenvalue weighted by Crippen LogP contribution is -2.53. The van der Waals surface area contributed by atoms with Crippen molar-refractivity contribution in [2.75, 3.05) is 41.0 Å². The van der Waals surface area contributed by atoms with Gasteiger partial charge < -0.3 is 37.9 Å². The largest absolute Gasteiger partial charge is 0.523 e. The summed E-state index contributed by atoms with van der Waals surface area (Å²) in [5, 5.41) is 0. The van der Waals surface area contributed by atoms with Crippen molar-refractivity contribution in [2.45, 2.75) is 75.3 Å². The van der Waals surface area contributed by atoms with E-state index in [0.29, 0.717) is 0 Å². The summed E-state index contributed by atoms with van der Waals surface area (Å²) < 4.78 is 110. The number of alkyl halides is 3. The van der Waals surface area contributed by atoms with Gasteiger partial charge in [-0.1, -0.05) is 0 Å². The van der Waals surface area contributed by atoms with E-state index >= 15 is 0 Å². The van der Waals surface area contributed by atoms with E-state index in [0.717, 1.165) is 0 Å². The summed E-state index contributed by atoms with van der Waals surface area (Å²) in [5.41, 5.74) is -5.59. The van der Waals surface area contributed by atoms with Crippen molar-refractivity contribution in [3.05, 3.63) is 0 Å². The molecule has 2 saturated heterocycles. The lowest BCUT2D eigenvalue weighted by molar-refractivity contribution is -0.232. The van der Waals surface area contributed by atoms with Crippen molar-refractivity contribution >= 4 is 10.1 Å². The summed E-state index contributed by atoms with van der Waals surface area (Å²) >= 11 is 0. The number of methoxy groups -OCH3 is 2. The van der Waals surface area contributed by atoms with Crippen LogP contribution in [0.5, 0.6) is 0 Å². The van der Waals surface area contributed by atoms with Gasteiger partial charge in [0, 0.05) is 14.2 Å². The van der Waals surface area contributed by atoms with Crippen LogP contribution in [0, 0.1) is 0 Å². The Labute approximate surface area is 190 Å². The molecule has 196 valence electrons. The molecule has 0 bridgehead atoms. The van der Waals surface area contributed by atoms with E-state index < -0.39 is 64.3 Å². The third-order valence-corrected chi connectivity index (χ3v) is 5.71. The number of hydrogen-bond acceptors (Lipinski definition) is 11. The van der Waals surface area contributed by atoms with Crippen molar-refractivity contribution in [1.82, 2.24) is 0 Å². The molecular weight excluding hydrogens is 481 g/mol. The maximum atomic E-state index is 12.7. The van der Waals surface area contributed by atoms with Crippen LogP contribution in [0.3, 0.4) is 0 Å². The van der Waals surface area contributed by atoms with Crippen molar-refractivity contribution < 1.29 is 63.7 Å². The minimum absolute atomic E-state index is 0.106. The van der Waals surface area contributed by atoms with Crippen LogP contribution in [-0.2, 0) is 52.2 Å². The molecule has 0 unspecified atom stereocenters. The highest BCUT2D eigenvalue weighted by Gasteiger charge is 2.54. The number of halogens is 3. The van der Waals surface area contributed by atoms with Crippen LogP contribution in [-0.4, -0.2) is 97.0 Å². The van der Waals surface area contributed by atoms with Gasteiger partial charge in [0.25, 0.3) is 0 Å². The second kappa shape index (κ2) is 11.0. The molecule has 11 nitrogen and oxygen atoms in total. The molecule has 0 aromatic rings.